The Morgan fingerprint density at radius 3 is 1.84 bits per heavy atom. The quantitative estimate of drug-likeness (QED) is 0.0254. The van der Waals surface area contributed by atoms with Gasteiger partial charge in [-0.1, -0.05) is 86.6 Å². The number of aliphatic hydroxyl groups is 2. The Balaban J connectivity index is 1.26. The maximum absolute atomic E-state index is 15.6. The molecule has 0 spiro atoms. The average molecular weight is 1760 g/mol. The van der Waals surface area contributed by atoms with Gasteiger partial charge in [0.2, 0.25) is 88.6 Å². The zero-order chi connectivity index (χ0) is 92.0. The van der Waals surface area contributed by atoms with E-state index in [0.717, 1.165) is 25.9 Å². The zero-order valence-electron chi connectivity index (χ0n) is 70.4. The molecule has 4 heterocycles. The fraction of sp³-hybridized carbons (Fsp3) is 0.482. The molecule has 4 aromatic carbocycles. The molecule has 5 aromatic rings. The predicted molar refractivity (Wildman–Crippen MR) is 446 cm³/mol. The van der Waals surface area contributed by atoms with Gasteiger partial charge in [0.05, 0.1) is 32.8 Å². The summed E-state index contributed by atoms with van der Waals surface area (Å²) in [5, 5.41) is 88.2. The zero-order valence-corrected chi connectivity index (χ0v) is 70.4. The van der Waals surface area contributed by atoms with Gasteiger partial charge in [0.25, 0.3) is 0 Å². The second kappa shape index (κ2) is 47.3. The Morgan fingerprint density at radius 2 is 1.19 bits per heavy atom. The lowest BCUT2D eigenvalue weighted by Gasteiger charge is -2.31. The number of aliphatic hydroxyl groups excluding tert-OH is 2. The molecular weight excluding hydrogens is 1650 g/mol. The number of benzene rings is 4. The molecule has 0 saturated carbocycles. The molecule has 41 heteroatoms. The Labute approximate surface area is 724 Å². The van der Waals surface area contributed by atoms with Crippen molar-refractivity contribution in [3.8, 4) is 11.5 Å². The van der Waals surface area contributed by atoms with Gasteiger partial charge in [-0.2, -0.15) is 0 Å². The lowest BCUT2D eigenvalue weighted by Crippen LogP contribution is -2.63. The van der Waals surface area contributed by atoms with Gasteiger partial charge in [-0.05, 0) is 130 Å². The van der Waals surface area contributed by atoms with E-state index < -0.39 is 255 Å². The van der Waals surface area contributed by atoms with Crippen LogP contribution in [0.1, 0.15) is 128 Å². The van der Waals surface area contributed by atoms with Crippen LogP contribution in [0.5, 0.6) is 11.5 Å². The number of nitrogens with zero attached hydrogens (tertiary/aromatic N) is 1. The van der Waals surface area contributed by atoms with Crippen LogP contribution in [-0.2, 0) is 121 Å². The van der Waals surface area contributed by atoms with Crippen molar-refractivity contribution < 1.29 is 121 Å². The number of phenols is 2. The predicted octanol–water partition coefficient (Wildman–Crippen LogP) is -3.33. The van der Waals surface area contributed by atoms with E-state index in [1.807, 2.05) is 0 Å². The summed E-state index contributed by atoms with van der Waals surface area (Å²) in [5.41, 5.74) is 2.00. The number of aromatic nitrogens is 1. The van der Waals surface area contributed by atoms with Gasteiger partial charge >= 0.3 is 17.9 Å². The van der Waals surface area contributed by atoms with Gasteiger partial charge < -0.3 is 119 Å². The summed E-state index contributed by atoms with van der Waals surface area (Å²) in [4.78, 5) is 265. The number of aromatic amines is 1. The number of carbonyl (C=O) groups is 18. The number of nitrogens with one attached hydrogen (secondary N) is 15. The number of fused-ring (bicyclic) bond motifs is 13. The molecule has 41 nitrogen and oxygen atoms in total. The van der Waals surface area contributed by atoms with Crippen LogP contribution >= 0.6 is 0 Å². The number of hydrogen-bond acceptors (Lipinski definition) is 24. The molecule has 2 bridgehead atoms. The molecule has 0 aliphatic carbocycles. The average Bonchev–Trinajstić information content (AvgIpc) is 1.66. The summed E-state index contributed by atoms with van der Waals surface area (Å²) in [6.45, 7) is 4.06. The number of hydrogen-bond donors (Lipinski definition) is 20. The molecule has 126 heavy (non-hydrogen) atoms. The molecule has 3 aliphatic rings. The highest BCUT2D eigenvalue weighted by atomic mass is 16.5. The first-order chi connectivity index (χ1) is 59.9. The SMILES string of the molecule is COC(=O)CC[C@@H]1NC(=O)[C@H](Cc2cc3ccccc3[nH]2)NC(=O)C2CC(=O)O[C@H](C)[C@H](NC(=O)[C@@H](NC(=O)CNC(=O)[C@H](Cc3ccccc3)NC(C)=O)[C@@H](C)O)C(=O)N[C@@H](CC(C)C)C(=O)N[C@@H](CCCCNC(=O)CC[C@H](C(=O)N[C@@H](Cc3ccc(O)cc3)C(=O)O)NC1=O)C(=O)N[C@@H](Cc1ccc(O)cc1)C(=O)N1CCC[C@H]1C(=O)N[C@@H](CO)C(=O)N2. The molecule has 3 fully saturated rings. The van der Waals surface area contributed by atoms with Crippen LogP contribution in [0, 0.1) is 5.92 Å². The number of aliphatic carboxylic acids is 1. The number of para-hydroxylation sites is 1. The van der Waals surface area contributed by atoms with E-state index >= 15 is 38.4 Å². The highest BCUT2D eigenvalue weighted by Crippen LogP contribution is 2.24. The molecule has 8 rings (SSSR count). The fourth-order valence-corrected chi connectivity index (χ4v) is 14.4. The maximum Gasteiger partial charge on any atom is 0.326 e. The first kappa shape index (κ1) is 97.8. The second-order valence-corrected chi connectivity index (χ2v) is 31.5. The number of ether oxygens (including phenoxy) is 2. The molecule has 15 atom stereocenters. The topological polar surface area (TPSA) is 614 Å². The number of amides is 15. The number of carboxylic acids is 1. The van der Waals surface area contributed by atoms with Crippen LogP contribution < -0.4 is 74.4 Å². The van der Waals surface area contributed by atoms with Crippen molar-refractivity contribution in [2.75, 3.05) is 33.4 Å². The van der Waals surface area contributed by atoms with E-state index in [1.54, 1.807) is 74.5 Å². The van der Waals surface area contributed by atoms with Gasteiger partial charge in [-0.15, -0.1) is 0 Å². The lowest BCUT2D eigenvalue weighted by atomic mass is 10.00. The van der Waals surface area contributed by atoms with Gasteiger partial charge in [0, 0.05) is 69.7 Å². The van der Waals surface area contributed by atoms with Crippen molar-refractivity contribution in [1.29, 1.82) is 0 Å². The van der Waals surface area contributed by atoms with Crippen molar-refractivity contribution in [3.63, 3.8) is 0 Å². The minimum absolute atomic E-state index is 0.0125. The van der Waals surface area contributed by atoms with Gasteiger partial charge in [-0.3, -0.25) is 81.5 Å². The van der Waals surface area contributed by atoms with E-state index in [0.29, 0.717) is 27.6 Å². The summed E-state index contributed by atoms with van der Waals surface area (Å²) in [6, 6.07) is 3.75. The van der Waals surface area contributed by atoms with Crippen molar-refractivity contribution >= 4 is 117 Å². The number of rotatable bonds is 25. The Bertz CT molecular complexity index is 4710. The third-order valence-electron chi connectivity index (χ3n) is 21.1. The van der Waals surface area contributed by atoms with Crippen molar-refractivity contribution in [1.82, 2.24) is 84.3 Å². The van der Waals surface area contributed by atoms with Gasteiger partial charge in [-0.25, -0.2) is 4.79 Å². The van der Waals surface area contributed by atoms with Crippen molar-refractivity contribution in [3.05, 3.63) is 132 Å². The summed E-state index contributed by atoms with van der Waals surface area (Å²) >= 11 is 0. The van der Waals surface area contributed by atoms with Crippen molar-refractivity contribution in [2.45, 2.75) is 222 Å². The van der Waals surface area contributed by atoms with Crippen LogP contribution in [0.15, 0.2) is 109 Å². The van der Waals surface area contributed by atoms with Crippen LogP contribution in [0.3, 0.4) is 0 Å². The molecular formula is C85H110N16O25. The number of aromatic hydroxyl groups is 2. The highest BCUT2D eigenvalue weighted by molar-refractivity contribution is 6.02. The number of esters is 2. The Morgan fingerprint density at radius 1 is 0.595 bits per heavy atom. The number of methoxy groups -OCH3 is 1. The summed E-state index contributed by atoms with van der Waals surface area (Å²) in [6.07, 6.45) is -9.59. The van der Waals surface area contributed by atoms with Crippen molar-refractivity contribution in [2.24, 2.45) is 5.92 Å². The minimum atomic E-state index is -2.33. The van der Waals surface area contributed by atoms with Crippen LogP contribution in [0.2, 0.25) is 0 Å². The third-order valence-corrected chi connectivity index (χ3v) is 21.1. The van der Waals surface area contributed by atoms with Gasteiger partial charge in [0.15, 0.2) is 0 Å². The third kappa shape index (κ3) is 29.8. The monoisotopic (exact) mass is 1750 g/mol. The molecule has 1 unspecified atom stereocenters. The molecule has 1 aromatic heterocycles. The number of phenolic OH excluding ortho intramolecular Hbond substituents is 2. The first-order valence-electron chi connectivity index (χ1n) is 41.4. The van der Waals surface area contributed by atoms with Crippen LogP contribution in [0.25, 0.3) is 10.9 Å². The van der Waals surface area contributed by atoms with Crippen LogP contribution in [-0.4, -0.2) is 266 Å². The Hall–Kier alpha value is -13.6. The van der Waals surface area contributed by atoms with Crippen LogP contribution in [0.4, 0.5) is 0 Å². The number of carbonyl (C=O) groups excluding carboxylic acids is 17. The molecule has 15 amide bonds. The first-order valence-corrected chi connectivity index (χ1v) is 41.4. The summed E-state index contributed by atoms with van der Waals surface area (Å²) in [7, 11) is 1.02. The molecule has 680 valence electrons. The molecule has 20 N–H and O–H groups in total. The second-order valence-electron chi connectivity index (χ2n) is 31.5. The largest absolute Gasteiger partial charge is 0.508 e. The standard InChI is InChI=1S/C85H110N16O25/c1-44(2)35-59-77(115)90-56-19-12-13-33-86-67(107)31-29-57(76(114)97-64(85(123)124)38-50-23-27-54(106)28-24-50)91-75(113)58(30-32-69(109)125-6)92-78(116)61(40-52-39-51-17-10-11-18-55(51)89-52)93-79(117)62(94-80(118)65(43-102)98-81(119)66-20-14-34-101(66)84(122)63(96-74(56)112)37-49-21-25-53(105)26-22-49)41-70(110)126-46(4)72(83(121)95-59)100-82(120)71(45(3)103)99-68(108)42-87-73(111)60(88-47(5)104)36-48-15-8-7-9-16-48/h7-11,15-18,21-28,39,44-46,56-66,71-72,89,102-103,105-106H,12-14,19-20,29-38,40-43H2,1-6H3,(H,86,107)(H,87,111)(H,88,104)(H,90,115)(H,91,113)(H,92,116)(H,93,117)(H,94,118)(H,95,121)(H,96,112)(H,97,114)(H,98,119)(H,99,108)(H,100,120)(H,123,124)/t45-,46-,56+,57-,58+,59+,60+,61+,62?,63+,64+,65+,66+,71+,72+/m1/s1. The van der Waals surface area contributed by atoms with E-state index in [-0.39, 0.29) is 88.1 Å². The fourth-order valence-electron chi connectivity index (χ4n) is 14.4. The summed E-state index contributed by atoms with van der Waals surface area (Å²) < 4.78 is 10.7. The number of H-pyrrole nitrogens is 1. The Kier molecular flexibility index (Phi) is 36.7. The number of carboxylic acid groups (broad SMARTS) is 1. The smallest absolute Gasteiger partial charge is 0.326 e. The summed E-state index contributed by atoms with van der Waals surface area (Å²) in [5.74, 6) is -21.6. The minimum Gasteiger partial charge on any atom is -0.508 e. The lowest BCUT2D eigenvalue weighted by molar-refractivity contribution is -0.155. The van der Waals surface area contributed by atoms with E-state index in [2.05, 4.69) is 79.4 Å². The highest BCUT2D eigenvalue weighted by Gasteiger charge is 2.44. The molecule has 3 aliphatic heterocycles. The van der Waals surface area contributed by atoms with E-state index in [1.165, 1.54) is 55.5 Å². The molecule has 0 radical (unpaired) electrons. The van der Waals surface area contributed by atoms with Gasteiger partial charge in [0.1, 0.15) is 96.1 Å². The molecule has 3 saturated heterocycles. The normalized spacial score (nSPS) is 23.1. The van der Waals surface area contributed by atoms with E-state index in [4.69, 9.17) is 9.47 Å². The maximum atomic E-state index is 15.6. The van der Waals surface area contributed by atoms with E-state index in [9.17, 15) is 73.5 Å².